The van der Waals surface area contributed by atoms with Gasteiger partial charge in [-0.05, 0) is 42.0 Å². The van der Waals surface area contributed by atoms with Crippen LogP contribution in [0, 0.1) is 0 Å². The van der Waals surface area contributed by atoms with E-state index in [2.05, 4.69) is 16.2 Å². The van der Waals surface area contributed by atoms with Crippen molar-refractivity contribution in [3.05, 3.63) is 90.3 Å². The summed E-state index contributed by atoms with van der Waals surface area (Å²) < 4.78 is 1.89. The Kier molecular flexibility index (Phi) is 5.43. The SMILES string of the molecule is O=C(NNC(=S)NCc1ccccc1)c1ccccc1-n1cccc1. The van der Waals surface area contributed by atoms with Crippen molar-refractivity contribution >= 4 is 23.2 Å². The zero-order chi connectivity index (χ0) is 17.5. The van der Waals surface area contributed by atoms with Gasteiger partial charge in [0.1, 0.15) is 0 Å². The molecule has 1 amide bonds. The van der Waals surface area contributed by atoms with E-state index in [1.165, 1.54) is 0 Å². The Hall–Kier alpha value is -3.12. The highest BCUT2D eigenvalue weighted by Crippen LogP contribution is 2.14. The molecule has 0 atom stereocenters. The first kappa shape index (κ1) is 16.7. The van der Waals surface area contributed by atoms with Crippen molar-refractivity contribution < 1.29 is 4.79 Å². The minimum absolute atomic E-state index is 0.256. The Labute approximate surface area is 151 Å². The van der Waals surface area contributed by atoms with Gasteiger partial charge >= 0.3 is 0 Å². The Morgan fingerprint density at radius 1 is 0.880 bits per heavy atom. The fourth-order valence-electron chi connectivity index (χ4n) is 2.39. The number of carbonyl (C=O) groups is 1. The van der Waals surface area contributed by atoms with E-state index in [1.54, 1.807) is 6.07 Å². The van der Waals surface area contributed by atoms with E-state index in [0.717, 1.165) is 11.3 Å². The van der Waals surface area contributed by atoms with Crippen LogP contribution in [0.2, 0.25) is 0 Å². The van der Waals surface area contributed by atoms with Gasteiger partial charge in [0, 0.05) is 18.9 Å². The lowest BCUT2D eigenvalue weighted by molar-refractivity contribution is 0.0943. The van der Waals surface area contributed by atoms with Crippen molar-refractivity contribution in [3.8, 4) is 5.69 Å². The average Bonchev–Trinajstić information content (AvgIpc) is 3.20. The summed E-state index contributed by atoms with van der Waals surface area (Å²) in [5, 5.41) is 3.41. The van der Waals surface area contributed by atoms with Crippen LogP contribution >= 0.6 is 12.2 Å². The summed E-state index contributed by atoms with van der Waals surface area (Å²) in [6.07, 6.45) is 3.79. The number of nitrogens with one attached hydrogen (secondary N) is 3. The molecule has 0 aliphatic heterocycles. The van der Waals surface area contributed by atoms with E-state index < -0.39 is 0 Å². The molecule has 126 valence electrons. The van der Waals surface area contributed by atoms with Crippen LogP contribution in [0.1, 0.15) is 15.9 Å². The molecule has 0 radical (unpaired) electrons. The van der Waals surface area contributed by atoms with Crippen molar-refractivity contribution in [2.75, 3.05) is 0 Å². The average molecular weight is 350 g/mol. The minimum Gasteiger partial charge on any atom is -0.357 e. The van der Waals surface area contributed by atoms with Crippen LogP contribution in [0.25, 0.3) is 5.69 Å². The number of hydrogen-bond donors (Lipinski definition) is 3. The Bertz CT molecular complexity index is 847. The predicted molar refractivity (Wildman–Crippen MR) is 102 cm³/mol. The molecular formula is C19H18N4OS. The van der Waals surface area contributed by atoms with Crippen LogP contribution in [-0.4, -0.2) is 15.6 Å². The Morgan fingerprint density at radius 3 is 2.32 bits per heavy atom. The zero-order valence-corrected chi connectivity index (χ0v) is 14.3. The molecule has 2 aromatic carbocycles. The number of benzene rings is 2. The van der Waals surface area contributed by atoms with Gasteiger partial charge in [-0.1, -0.05) is 42.5 Å². The smallest absolute Gasteiger partial charge is 0.271 e. The highest BCUT2D eigenvalue weighted by molar-refractivity contribution is 7.80. The number of hydrazine groups is 1. The maximum atomic E-state index is 12.5. The van der Waals surface area contributed by atoms with Crippen molar-refractivity contribution in [1.29, 1.82) is 0 Å². The first-order valence-electron chi connectivity index (χ1n) is 7.84. The van der Waals surface area contributed by atoms with Crippen LogP contribution in [0.3, 0.4) is 0 Å². The predicted octanol–water partition coefficient (Wildman–Crippen LogP) is 2.79. The number of rotatable bonds is 4. The number of para-hydroxylation sites is 1. The summed E-state index contributed by atoms with van der Waals surface area (Å²) in [5.74, 6) is -0.256. The molecular weight excluding hydrogens is 332 g/mol. The summed E-state index contributed by atoms with van der Waals surface area (Å²) in [7, 11) is 0. The van der Waals surface area contributed by atoms with Gasteiger partial charge in [0.25, 0.3) is 5.91 Å². The molecule has 3 N–H and O–H groups in total. The maximum Gasteiger partial charge on any atom is 0.271 e. The van der Waals surface area contributed by atoms with Gasteiger partial charge in [-0.15, -0.1) is 0 Å². The number of amides is 1. The standard InChI is InChI=1S/C19H18N4OS/c24-18(16-10-4-5-11-17(16)23-12-6-7-13-23)21-22-19(25)20-14-15-8-2-1-3-9-15/h1-13H,14H2,(H,21,24)(H2,20,22,25). The zero-order valence-electron chi connectivity index (χ0n) is 13.5. The van der Waals surface area contributed by atoms with Crippen molar-refractivity contribution in [1.82, 2.24) is 20.7 Å². The summed E-state index contributed by atoms with van der Waals surface area (Å²) in [6, 6.07) is 21.1. The molecule has 3 aromatic rings. The van der Waals surface area contributed by atoms with Crippen molar-refractivity contribution in [2.45, 2.75) is 6.54 Å². The van der Waals surface area contributed by atoms with Gasteiger partial charge in [-0.2, -0.15) is 0 Å². The highest BCUT2D eigenvalue weighted by Gasteiger charge is 2.11. The second-order valence-electron chi connectivity index (χ2n) is 5.35. The monoisotopic (exact) mass is 350 g/mol. The molecule has 3 rings (SSSR count). The molecule has 0 unspecified atom stereocenters. The number of thiocarbonyl (C=S) groups is 1. The third-order valence-electron chi connectivity index (χ3n) is 3.62. The molecule has 0 saturated heterocycles. The van der Waals surface area contributed by atoms with E-state index in [1.807, 2.05) is 77.6 Å². The lowest BCUT2D eigenvalue weighted by atomic mass is 10.1. The van der Waals surface area contributed by atoms with Gasteiger partial charge in [-0.3, -0.25) is 15.6 Å². The molecule has 25 heavy (non-hydrogen) atoms. The van der Waals surface area contributed by atoms with E-state index in [9.17, 15) is 4.79 Å². The highest BCUT2D eigenvalue weighted by atomic mass is 32.1. The first-order valence-corrected chi connectivity index (χ1v) is 8.25. The largest absolute Gasteiger partial charge is 0.357 e. The van der Waals surface area contributed by atoms with Gasteiger partial charge in [-0.25, -0.2) is 0 Å². The third kappa shape index (κ3) is 4.45. The summed E-state index contributed by atoms with van der Waals surface area (Å²) in [6.45, 7) is 0.586. The second-order valence-corrected chi connectivity index (χ2v) is 5.76. The van der Waals surface area contributed by atoms with Crippen LogP contribution < -0.4 is 16.2 Å². The number of nitrogens with zero attached hydrogens (tertiary/aromatic N) is 1. The molecule has 1 aromatic heterocycles. The molecule has 0 fully saturated rings. The topological polar surface area (TPSA) is 58.1 Å². The van der Waals surface area contributed by atoms with Crippen molar-refractivity contribution in [3.63, 3.8) is 0 Å². The first-order chi connectivity index (χ1) is 12.2. The number of carbonyl (C=O) groups excluding carboxylic acids is 1. The molecule has 6 heteroatoms. The molecule has 0 aliphatic carbocycles. The van der Waals surface area contributed by atoms with Crippen LogP contribution in [-0.2, 0) is 6.54 Å². The summed E-state index contributed by atoms with van der Waals surface area (Å²) in [5.41, 5.74) is 7.83. The normalized spacial score (nSPS) is 10.1. The van der Waals surface area contributed by atoms with Crippen LogP contribution in [0.5, 0.6) is 0 Å². The van der Waals surface area contributed by atoms with Crippen molar-refractivity contribution in [2.24, 2.45) is 0 Å². The molecule has 0 aliphatic rings. The summed E-state index contributed by atoms with van der Waals surface area (Å²) in [4.78, 5) is 12.5. The minimum atomic E-state index is -0.256. The molecule has 5 nitrogen and oxygen atoms in total. The van der Waals surface area contributed by atoms with Crippen LogP contribution in [0.15, 0.2) is 79.1 Å². The quantitative estimate of drug-likeness (QED) is 0.500. The fraction of sp³-hybridized carbons (Fsp3) is 0.0526. The summed E-state index contributed by atoms with van der Waals surface area (Å²) >= 11 is 5.19. The third-order valence-corrected chi connectivity index (χ3v) is 3.86. The fourth-order valence-corrected chi connectivity index (χ4v) is 2.51. The van der Waals surface area contributed by atoms with E-state index in [-0.39, 0.29) is 5.91 Å². The van der Waals surface area contributed by atoms with E-state index in [4.69, 9.17) is 12.2 Å². The molecule has 0 bridgehead atoms. The Morgan fingerprint density at radius 2 is 1.56 bits per heavy atom. The maximum absolute atomic E-state index is 12.5. The molecule has 0 spiro atoms. The van der Waals surface area contributed by atoms with Gasteiger partial charge < -0.3 is 9.88 Å². The molecule has 1 heterocycles. The lowest BCUT2D eigenvalue weighted by Gasteiger charge is -2.14. The Balaban J connectivity index is 1.57. The van der Waals surface area contributed by atoms with E-state index >= 15 is 0 Å². The second kappa shape index (κ2) is 8.12. The number of aromatic nitrogens is 1. The van der Waals surface area contributed by atoms with Gasteiger partial charge in [0.15, 0.2) is 5.11 Å². The number of hydrogen-bond acceptors (Lipinski definition) is 2. The lowest BCUT2D eigenvalue weighted by Crippen LogP contribution is -2.46. The van der Waals surface area contributed by atoms with Crippen LogP contribution in [0.4, 0.5) is 0 Å². The molecule has 0 saturated carbocycles. The van der Waals surface area contributed by atoms with E-state index in [0.29, 0.717) is 17.2 Å². The van der Waals surface area contributed by atoms with Gasteiger partial charge in [0.2, 0.25) is 0 Å². The van der Waals surface area contributed by atoms with Gasteiger partial charge in [0.05, 0.1) is 11.3 Å².